The highest BCUT2D eigenvalue weighted by Crippen LogP contribution is 2.38. The minimum atomic E-state index is 0.211. The van der Waals surface area contributed by atoms with Crippen LogP contribution in [0.15, 0.2) is 24.3 Å². The van der Waals surface area contributed by atoms with Gasteiger partial charge in [-0.05, 0) is 49.9 Å². The molecule has 2 unspecified atom stereocenters. The van der Waals surface area contributed by atoms with Gasteiger partial charge in [-0.3, -0.25) is 0 Å². The Kier molecular flexibility index (Phi) is 5.48. The molecule has 0 bridgehead atoms. The second kappa shape index (κ2) is 6.93. The van der Waals surface area contributed by atoms with Gasteiger partial charge >= 0.3 is 0 Å². The molecule has 0 aliphatic carbocycles. The van der Waals surface area contributed by atoms with E-state index in [1.54, 1.807) is 0 Å². The Hall–Kier alpha value is -0.570. The van der Waals surface area contributed by atoms with Gasteiger partial charge in [0.15, 0.2) is 0 Å². The molecule has 1 saturated heterocycles. The lowest BCUT2D eigenvalue weighted by Gasteiger charge is -2.33. The molecule has 2 nitrogen and oxygen atoms in total. The van der Waals surface area contributed by atoms with Crippen LogP contribution in [0.1, 0.15) is 32.8 Å². The molecule has 0 spiro atoms. The van der Waals surface area contributed by atoms with Crippen LogP contribution in [0, 0.1) is 11.3 Å². The van der Waals surface area contributed by atoms with E-state index in [1.165, 1.54) is 5.56 Å². The zero-order valence-electron chi connectivity index (χ0n) is 12.8. The van der Waals surface area contributed by atoms with E-state index in [4.69, 9.17) is 16.3 Å². The number of nitrogens with one attached hydrogen (secondary N) is 1. The smallest absolute Gasteiger partial charge is 0.0619 e. The molecule has 1 N–H and O–H groups in total. The highest BCUT2D eigenvalue weighted by molar-refractivity contribution is 6.30. The third-order valence-corrected chi connectivity index (χ3v) is 4.58. The molecule has 1 aromatic carbocycles. The molecule has 3 heteroatoms. The van der Waals surface area contributed by atoms with Crippen molar-refractivity contribution >= 4 is 11.6 Å². The number of ether oxygens (including phenoxy) is 1. The number of halogens is 1. The molecule has 0 saturated carbocycles. The number of benzene rings is 1. The van der Waals surface area contributed by atoms with Crippen LogP contribution in [0.2, 0.25) is 5.02 Å². The van der Waals surface area contributed by atoms with Gasteiger partial charge in [0.25, 0.3) is 0 Å². The standard InChI is InChI=1S/C17H26ClNO/c1-13(2)11-19-12-17(8-9-20-14(17)3)10-15-4-6-16(18)7-5-15/h4-7,13-14,19H,8-12H2,1-3H3. The van der Waals surface area contributed by atoms with E-state index in [1.807, 2.05) is 12.1 Å². The molecule has 2 atom stereocenters. The van der Waals surface area contributed by atoms with Crippen molar-refractivity contribution < 1.29 is 4.74 Å². The first-order chi connectivity index (χ1) is 9.52. The van der Waals surface area contributed by atoms with E-state index in [-0.39, 0.29) is 5.41 Å². The second-order valence-corrected chi connectivity index (χ2v) is 6.89. The SMILES string of the molecule is CC(C)CNCC1(Cc2ccc(Cl)cc2)CCOC1C. The van der Waals surface area contributed by atoms with Crippen LogP contribution in [0.3, 0.4) is 0 Å². The van der Waals surface area contributed by atoms with Gasteiger partial charge in [0.1, 0.15) is 0 Å². The predicted molar refractivity (Wildman–Crippen MR) is 85.3 cm³/mol. The van der Waals surface area contributed by atoms with Crippen LogP contribution in [-0.2, 0) is 11.2 Å². The molecule has 1 aliphatic rings. The van der Waals surface area contributed by atoms with Crippen molar-refractivity contribution in [2.75, 3.05) is 19.7 Å². The lowest BCUT2D eigenvalue weighted by atomic mass is 9.76. The van der Waals surface area contributed by atoms with Gasteiger partial charge in [0, 0.05) is 23.6 Å². The van der Waals surface area contributed by atoms with E-state index in [0.717, 1.165) is 37.6 Å². The summed E-state index contributed by atoms with van der Waals surface area (Å²) in [6.45, 7) is 9.66. The van der Waals surface area contributed by atoms with Gasteiger partial charge in [-0.15, -0.1) is 0 Å². The third kappa shape index (κ3) is 3.97. The Labute approximate surface area is 127 Å². The second-order valence-electron chi connectivity index (χ2n) is 6.45. The first kappa shape index (κ1) is 15.8. The summed E-state index contributed by atoms with van der Waals surface area (Å²) in [6, 6.07) is 8.23. The molecule has 20 heavy (non-hydrogen) atoms. The maximum atomic E-state index is 5.97. The summed E-state index contributed by atoms with van der Waals surface area (Å²) in [5, 5.41) is 4.43. The van der Waals surface area contributed by atoms with Crippen LogP contribution in [0.5, 0.6) is 0 Å². The van der Waals surface area contributed by atoms with Gasteiger partial charge < -0.3 is 10.1 Å². The number of hydrogen-bond acceptors (Lipinski definition) is 2. The molecule has 1 aliphatic heterocycles. The Balaban J connectivity index is 2.05. The summed E-state index contributed by atoms with van der Waals surface area (Å²) < 4.78 is 5.86. The van der Waals surface area contributed by atoms with Crippen LogP contribution in [0.4, 0.5) is 0 Å². The molecule has 2 rings (SSSR count). The predicted octanol–water partition coefficient (Wildman–Crippen LogP) is 3.92. The fourth-order valence-corrected chi connectivity index (χ4v) is 3.09. The van der Waals surface area contributed by atoms with Gasteiger partial charge in [-0.25, -0.2) is 0 Å². The van der Waals surface area contributed by atoms with Gasteiger partial charge in [-0.1, -0.05) is 37.6 Å². The summed E-state index contributed by atoms with van der Waals surface area (Å²) in [5.41, 5.74) is 1.56. The lowest BCUT2D eigenvalue weighted by Crippen LogP contribution is -2.42. The topological polar surface area (TPSA) is 21.3 Å². The molecule has 1 aromatic rings. The van der Waals surface area contributed by atoms with Crippen molar-refractivity contribution in [1.29, 1.82) is 0 Å². The summed E-state index contributed by atoms with van der Waals surface area (Å²) in [6.07, 6.45) is 2.48. The third-order valence-electron chi connectivity index (χ3n) is 4.33. The number of rotatable bonds is 6. The van der Waals surface area contributed by atoms with Gasteiger partial charge in [-0.2, -0.15) is 0 Å². The molecule has 112 valence electrons. The monoisotopic (exact) mass is 295 g/mol. The van der Waals surface area contributed by atoms with Crippen molar-refractivity contribution in [2.45, 2.75) is 39.7 Å². The average Bonchev–Trinajstić information content (AvgIpc) is 2.74. The zero-order valence-corrected chi connectivity index (χ0v) is 13.5. The molecule has 1 heterocycles. The molecule has 0 radical (unpaired) electrons. The Morgan fingerprint density at radius 1 is 1.35 bits per heavy atom. The Bertz CT molecular complexity index is 418. The maximum absolute atomic E-state index is 5.97. The van der Waals surface area contributed by atoms with Gasteiger partial charge in [0.2, 0.25) is 0 Å². The highest BCUT2D eigenvalue weighted by atomic mass is 35.5. The fourth-order valence-electron chi connectivity index (χ4n) is 2.96. The largest absolute Gasteiger partial charge is 0.378 e. The Morgan fingerprint density at radius 3 is 2.60 bits per heavy atom. The first-order valence-corrected chi connectivity index (χ1v) is 7.96. The molecule has 1 fully saturated rings. The molecule has 0 amide bonds. The average molecular weight is 296 g/mol. The van der Waals surface area contributed by atoms with Crippen LogP contribution in [-0.4, -0.2) is 25.8 Å². The molecule has 0 aromatic heterocycles. The van der Waals surface area contributed by atoms with Crippen molar-refractivity contribution in [1.82, 2.24) is 5.32 Å². The number of hydrogen-bond donors (Lipinski definition) is 1. The summed E-state index contributed by atoms with van der Waals surface area (Å²) >= 11 is 5.97. The first-order valence-electron chi connectivity index (χ1n) is 7.59. The summed E-state index contributed by atoms with van der Waals surface area (Å²) in [4.78, 5) is 0. The maximum Gasteiger partial charge on any atom is 0.0619 e. The lowest BCUT2D eigenvalue weighted by molar-refractivity contribution is 0.0627. The van der Waals surface area contributed by atoms with E-state index >= 15 is 0 Å². The Morgan fingerprint density at radius 2 is 2.05 bits per heavy atom. The van der Waals surface area contributed by atoms with E-state index in [2.05, 4.69) is 38.2 Å². The van der Waals surface area contributed by atoms with Crippen molar-refractivity contribution in [2.24, 2.45) is 11.3 Å². The van der Waals surface area contributed by atoms with E-state index in [9.17, 15) is 0 Å². The van der Waals surface area contributed by atoms with Crippen molar-refractivity contribution in [3.8, 4) is 0 Å². The zero-order chi connectivity index (χ0) is 14.6. The summed E-state index contributed by atoms with van der Waals surface area (Å²) in [5.74, 6) is 0.681. The fraction of sp³-hybridized carbons (Fsp3) is 0.647. The van der Waals surface area contributed by atoms with E-state index < -0.39 is 0 Å². The molecular formula is C17H26ClNO. The van der Waals surface area contributed by atoms with Crippen LogP contribution < -0.4 is 5.32 Å². The normalized spacial score (nSPS) is 26.4. The quantitative estimate of drug-likeness (QED) is 0.859. The minimum absolute atomic E-state index is 0.211. The molecular weight excluding hydrogens is 270 g/mol. The highest BCUT2D eigenvalue weighted by Gasteiger charge is 2.41. The van der Waals surface area contributed by atoms with E-state index in [0.29, 0.717) is 12.0 Å². The van der Waals surface area contributed by atoms with Crippen LogP contribution in [0.25, 0.3) is 0 Å². The minimum Gasteiger partial charge on any atom is -0.378 e. The van der Waals surface area contributed by atoms with Crippen LogP contribution >= 0.6 is 11.6 Å². The summed E-state index contributed by atoms with van der Waals surface area (Å²) in [7, 11) is 0. The van der Waals surface area contributed by atoms with Crippen molar-refractivity contribution in [3.63, 3.8) is 0 Å². The van der Waals surface area contributed by atoms with Crippen molar-refractivity contribution in [3.05, 3.63) is 34.9 Å². The van der Waals surface area contributed by atoms with Gasteiger partial charge in [0.05, 0.1) is 6.10 Å².